The van der Waals surface area contributed by atoms with Gasteiger partial charge in [0, 0.05) is 64.6 Å². The van der Waals surface area contributed by atoms with E-state index < -0.39 is 0 Å². The quantitative estimate of drug-likeness (QED) is 0.269. The zero-order valence-electron chi connectivity index (χ0n) is 20.9. The normalized spacial score (nSPS) is 18.9. The number of rotatable bonds is 9. The average molecular weight is 574 g/mol. The zero-order valence-corrected chi connectivity index (χ0v) is 23.2. The van der Waals surface area contributed by atoms with Crippen LogP contribution in [0.4, 0.5) is 0 Å². The summed E-state index contributed by atoms with van der Waals surface area (Å²) in [5.41, 5.74) is 1.19. The van der Waals surface area contributed by atoms with E-state index in [9.17, 15) is 0 Å². The van der Waals surface area contributed by atoms with Crippen LogP contribution in [-0.4, -0.2) is 87.4 Å². The van der Waals surface area contributed by atoms with Gasteiger partial charge < -0.3 is 25.0 Å². The van der Waals surface area contributed by atoms with Gasteiger partial charge in [0.2, 0.25) is 0 Å². The lowest BCUT2D eigenvalue weighted by Crippen LogP contribution is -2.49. The van der Waals surface area contributed by atoms with Crippen molar-refractivity contribution in [2.45, 2.75) is 64.2 Å². The molecule has 7 nitrogen and oxygen atoms in total. The van der Waals surface area contributed by atoms with Crippen LogP contribution in [0.15, 0.2) is 29.3 Å². The summed E-state index contributed by atoms with van der Waals surface area (Å²) in [5.74, 6) is 1.80. The van der Waals surface area contributed by atoms with Gasteiger partial charge in [-0.1, -0.05) is 12.1 Å². The van der Waals surface area contributed by atoms with Crippen LogP contribution in [0.3, 0.4) is 0 Å². The number of nitrogens with zero attached hydrogens (tertiary/aromatic N) is 3. The molecule has 8 heteroatoms. The molecule has 2 aliphatic heterocycles. The second-order valence-corrected chi connectivity index (χ2v) is 9.29. The fourth-order valence-corrected chi connectivity index (χ4v) is 4.50. The number of hydrogen-bond acceptors (Lipinski definition) is 5. The maximum absolute atomic E-state index is 6.04. The summed E-state index contributed by atoms with van der Waals surface area (Å²) in [6.45, 7) is 10.9. The first kappa shape index (κ1) is 28.1. The minimum Gasteiger partial charge on any atom is -0.492 e. The number of guanidine groups is 1. The molecule has 33 heavy (non-hydrogen) atoms. The fourth-order valence-electron chi connectivity index (χ4n) is 4.50. The maximum Gasteiger partial charge on any atom is 0.191 e. The second-order valence-electron chi connectivity index (χ2n) is 9.29. The smallest absolute Gasteiger partial charge is 0.191 e. The highest BCUT2D eigenvalue weighted by molar-refractivity contribution is 14.0. The molecule has 2 saturated heterocycles. The third-order valence-electron chi connectivity index (χ3n) is 6.71. The van der Waals surface area contributed by atoms with E-state index in [0.29, 0.717) is 24.7 Å². The number of hydrogen-bond donors (Lipinski definition) is 2. The summed E-state index contributed by atoms with van der Waals surface area (Å²) in [4.78, 5) is 9.36. The van der Waals surface area contributed by atoms with Gasteiger partial charge in [0.15, 0.2) is 5.96 Å². The third kappa shape index (κ3) is 9.58. The topological polar surface area (TPSA) is 61.4 Å². The van der Waals surface area contributed by atoms with E-state index in [1.54, 1.807) is 0 Å². The molecule has 0 bridgehead atoms. The monoisotopic (exact) mass is 573 g/mol. The van der Waals surface area contributed by atoms with Crippen LogP contribution < -0.4 is 15.4 Å². The molecule has 1 aromatic rings. The summed E-state index contributed by atoms with van der Waals surface area (Å²) >= 11 is 0. The second kappa shape index (κ2) is 15.0. The highest BCUT2D eigenvalue weighted by Crippen LogP contribution is 2.16. The van der Waals surface area contributed by atoms with Crippen molar-refractivity contribution in [1.29, 1.82) is 0 Å². The molecule has 2 N–H and O–H groups in total. The molecule has 0 spiro atoms. The molecular formula is C25H44IN5O2. The Morgan fingerprint density at radius 3 is 2.61 bits per heavy atom. The van der Waals surface area contributed by atoms with E-state index in [2.05, 4.69) is 64.5 Å². The van der Waals surface area contributed by atoms with Crippen molar-refractivity contribution in [3.05, 3.63) is 29.8 Å². The number of benzene rings is 1. The van der Waals surface area contributed by atoms with Crippen molar-refractivity contribution in [1.82, 2.24) is 20.4 Å². The van der Waals surface area contributed by atoms with Crippen molar-refractivity contribution in [3.63, 3.8) is 0 Å². The highest BCUT2D eigenvalue weighted by atomic mass is 127. The van der Waals surface area contributed by atoms with Gasteiger partial charge in [-0.15, -0.1) is 24.0 Å². The van der Waals surface area contributed by atoms with Crippen molar-refractivity contribution in [2.75, 3.05) is 53.6 Å². The Kier molecular flexibility index (Phi) is 12.8. The zero-order chi connectivity index (χ0) is 22.8. The predicted octanol–water partition coefficient (Wildman–Crippen LogP) is 3.33. The largest absolute Gasteiger partial charge is 0.492 e. The van der Waals surface area contributed by atoms with Crippen LogP contribution in [0, 0.1) is 0 Å². The first-order chi connectivity index (χ1) is 15.5. The van der Waals surface area contributed by atoms with Crippen LogP contribution >= 0.6 is 24.0 Å². The van der Waals surface area contributed by atoms with Crippen LogP contribution in [0.5, 0.6) is 5.75 Å². The van der Waals surface area contributed by atoms with E-state index in [0.717, 1.165) is 76.8 Å². The Balaban J connectivity index is 0.00000385. The van der Waals surface area contributed by atoms with Crippen molar-refractivity contribution >= 4 is 29.9 Å². The van der Waals surface area contributed by atoms with Crippen molar-refractivity contribution < 1.29 is 9.47 Å². The van der Waals surface area contributed by atoms with Gasteiger partial charge in [-0.2, -0.15) is 0 Å². The minimum absolute atomic E-state index is 0. The molecule has 0 aromatic heterocycles. The molecule has 2 heterocycles. The number of nitrogens with one attached hydrogen (secondary N) is 2. The van der Waals surface area contributed by atoms with Crippen molar-refractivity contribution in [3.8, 4) is 5.75 Å². The lowest BCUT2D eigenvalue weighted by atomic mass is 10.0. The summed E-state index contributed by atoms with van der Waals surface area (Å²) in [7, 11) is 4.03. The number of halogens is 1. The third-order valence-corrected chi connectivity index (χ3v) is 6.71. The standard InChI is InChI=1S/C25H43N5O2.HI/c1-20(2)30-12-8-22(9-13-30)28-25(26-3)27-19-21-6-5-7-24(18-21)32-17-14-29(4)23-10-15-31-16-11-23;/h5-7,18,20,22-23H,8-17,19H2,1-4H3,(H2,26,27,28);1H. The lowest BCUT2D eigenvalue weighted by Gasteiger charge is -2.35. The number of ether oxygens (including phenoxy) is 2. The van der Waals surface area contributed by atoms with Crippen LogP contribution in [-0.2, 0) is 11.3 Å². The molecule has 2 aliphatic rings. The number of piperidine rings is 1. The number of likely N-dealkylation sites (N-methyl/N-ethyl adjacent to an activating group) is 1. The molecule has 0 aliphatic carbocycles. The molecule has 0 atom stereocenters. The molecule has 1 aromatic carbocycles. The average Bonchev–Trinajstić information content (AvgIpc) is 2.82. The van der Waals surface area contributed by atoms with Gasteiger partial charge in [0.05, 0.1) is 0 Å². The summed E-state index contributed by atoms with van der Waals surface area (Å²) in [6, 6.07) is 10.1. The molecule has 0 unspecified atom stereocenters. The predicted molar refractivity (Wildman–Crippen MR) is 147 cm³/mol. The number of likely N-dealkylation sites (tertiary alicyclic amines) is 1. The number of aliphatic imine (C=N–C) groups is 1. The highest BCUT2D eigenvalue weighted by Gasteiger charge is 2.21. The Hall–Kier alpha value is -1.10. The Morgan fingerprint density at radius 2 is 1.94 bits per heavy atom. The van der Waals surface area contributed by atoms with Crippen LogP contribution in [0.2, 0.25) is 0 Å². The summed E-state index contributed by atoms with van der Waals surface area (Å²) < 4.78 is 11.5. The SMILES string of the molecule is CN=C(NCc1cccc(OCCN(C)C2CCOCC2)c1)NC1CCN(C(C)C)CC1.I. The van der Waals surface area contributed by atoms with Crippen molar-refractivity contribution in [2.24, 2.45) is 4.99 Å². The van der Waals surface area contributed by atoms with Gasteiger partial charge in [-0.05, 0) is 64.3 Å². The van der Waals surface area contributed by atoms with Crippen LogP contribution in [0.1, 0.15) is 45.1 Å². The molecular weight excluding hydrogens is 529 g/mol. The van der Waals surface area contributed by atoms with Gasteiger partial charge in [-0.3, -0.25) is 9.89 Å². The Labute approximate surface area is 217 Å². The molecule has 2 fully saturated rings. The van der Waals surface area contributed by atoms with Gasteiger partial charge >= 0.3 is 0 Å². The Bertz CT molecular complexity index is 704. The van der Waals surface area contributed by atoms with E-state index in [1.807, 2.05) is 13.1 Å². The van der Waals surface area contributed by atoms with Gasteiger partial charge in [0.25, 0.3) is 0 Å². The van der Waals surface area contributed by atoms with E-state index in [-0.39, 0.29) is 24.0 Å². The van der Waals surface area contributed by atoms with Gasteiger partial charge in [0.1, 0.15) is 12.4 Å². The van der Waals surface area contributed by atoms with Crippen LogP contribution in [0.25, 0.3) is 0 Å². The molecule has 0 saturated carbocycles. The van der Waals surface area contributed by atoms with E-state index in [4.69, 9.17) is 9.47 Å². The maximum atomic E-state index is 6.04. The first-order valence-electron chi connectivity index (χ1n) is 12.3. The van der Waals surface area contributed by atoms with Gasteiger partial charge in [-0.25, -0.2) is 0 Å². The molecule has 3 rings (SSSR count). The van der Waals surface area contributed by atoms with E-state index >= 15 is 0 Å². The minimum atomic E-state index is 0. The first-order valence-corrected chi connectivity index (χ1v) is 12.3. The van der Waals surface area contributed by atoms with E-state index in [1.165, 1.54) is 5.56 Å². The summed E-state index contributed by atoms with van der Waals surface area (Å²) in [5, 5.41) is 7.06. The lowest BCUT2D eigenvalue weighted by molar-refractivity contribution is 0.0392. The Morgan fingerprint density at radius 1 is 1.21 bits per heavy atom. The molecule has 0 amide bonds. The molecule has 188 valence electrons. The summed E-state index contributed by atoms with van der Waals surface area (Å²) in [6.07, 6.45) is 4.54. The molecule has 0 radical (unpaired) electrons. The fraction of sp³-hybridized carbons (Fsp3) is 0.720.